The van der Waals surface area contributed by atoms with Crippen LogP contribution in [-0.4, -0.2) is 16.9 Å². The monoisotopic (exact) mass is 283 g/mol. The molecule has 19 heavy (non-hydrogen) atoms. The van der Waals surface area contributed by atoms with E-state index in [0.717, 1.165) is 0 Å². The zero-order valence-electron chi connectivity index (χ0n) is 10.3. The van der Waals surface area contributed by atoms with Crippen molar-refractivity contribution in [1.82, 2.24) is 0 Å². The molecular formula is C13H15ClFN3O. The van der Waals surface area contributed by atoms with Gasteiger partial charge in [0.25, 0.3) is 0 Å². The second-order valence-corrected chi connectivity index (χ2v) is 5.38. The van der Waals surface area contributed by atoms with Crippen molar-refractivity contribution in [2.45, 2.75) is 43.5 Å². The summed E-state index contributed by atoms with van der Waals surface area (Å²) in [5.41, 5.74) is 8.17. The summed E-state index contributed by atoms with van der Waals surface area (Å²) in [5, 5.41) is 14.9. The van der Waals surface area contributed by atoms with Crippen molar-refractivity contribution in [3.05, 3.63) is 45.3 Å². The van der Waals surface area contributed by atoms with Gasteiger partial charge in [0.2, 0.25) is 0 Å². The maximum absolute atomic E-state index is 13.2. The lowest BCUT2D eigenvalue weighted by Gasteiger charge is -2.38. The van der Waals surface area contributed by atoms with Crippen molar-refractivity contribution in [1.29, 1.82) is 0 Å². The topological polar surface area (TPSA) is 69.0 Å². The highest BCUT2D eigenvalue weighted by atomic mass is 35.5. The summed E-state index contributed by atoms with van der Waals surface area (Å²) in [6.07, 6.45) is 0.254. The van der Waals surface area contributed by atoms with Crippen LogP contribution in [0, 0.1) is 0 Å². The van der Waals surface area contributed by atoms with Crippen LogP contribution >= 0.6 is 11.6 Å². The minimum Gasteiger partial charge on any atom is -0.389 e. The van der Waals surface area contributed by atoms with Crippen LogP contribution in [0.3, 0.4) is 0 Å². The van der Waals surface area contributed by atoms with E-state index in [9.17, 15) is 9.50 Å². The van der Waals surface area contributed by atoms with Crippen LogP contribution < -0.4 is 0 Å². The van der Waals surface area contributed by atoms with Gasteiger partial charge in [0.15, 0.2) is 0 Å². The minimum atomic E-state index is -1.19. The van der Waals surface area contributed by atoms with Crippen LogP contribution in [0.2, 0.25) is 5.02 Å². The summed E-state index contributed by atoms with van der Waals surface area (Å²) < 4.78 is 13.2. The van der Waals surface area contributed by atoms with E-state index in [-0.39, 0.29) is 25.7 Å². The lowest BCUT2D eigenvalue weighted by molar-refractivity contribution is -0.0361. The predicted molar refractivity (Wildman–Crippen MR) is 71.7 cm³/mol. The number of alkyl halides is 1. The van der Waals surface area contributed by atoms with Gasteiger partial charge in [0.05, 0.1) is 11.6 Å². The molecule has 0 radical (unpaired) electrons. The van der Waals surface area contributed by atoms with E-state index < -0.39 is 17.8 Å². The Morgan fingerprint density at radius 3 is 2.74 bits per heavy atom. The second kappa shape index (κ2) is 5.78. The Balaban J connectivity index is 2.32. The van der Waals surface area contributed by atoms with Gasteiger partial charge in [-0.05, 0) is 48.9 Å². The minimum absolute atomic E-state index is 0.282. The van der Waals surface area contributed by atoms with Crippen LogP contribution in [0.15, 0.2) is 29.4 Å². The third-order valence-electron chi connectivity index (χ3n) is 3.62. The van der Waals surface area contributed by atoms with Gasteiger partial charge < -0.3 is 5.11 Å². The largest absolute Gasteiger partial charge is 0.389 e. The Hall–Kier alpha value is -1.29. The molecule has 1 N–H and O–H groups in total. The summed E-state index contributed by atoms with van der Waals surface area (Å²) in [4.78, 5) is 2.81. The molecule has 102 valence electrons. The van der Waals surface area contributed by atoms with Crippen molar-refractivity contribution in [2.24, 2.45) is 5.11 Å². The number of benzene rings is 1. The molecule has 0 aliphatic heterocycles. The first-order valence-corrected chi connectivity index (χ1v) is 6.59. The lowest BCUT2D eigenvalue weighted by atomic mass is 9.76. The summed E-state index contributed by atoms with van der Waals surface area (Å²) in [5.74, 6) is 0. The first-order chi connectivity index (χ1) is 9.05. The van der Waals surface area contributed by atoms with E-state index in [1.807, 2.05) is 0 Å². The summed E-state index contributed by atoms with van der Waals surface area (Å²) in [6, 6.07) is 6.14. The molecule has 1 aliphatic carbocycles. The van der Waals surface area contributed by atoms with Crippen LogP contribution in [0.4, 0.5) is 4.39 Å². The molecule has 1 saturated carbocycles. The van der Waals surface area contributed by atoms with Crippen molar-refractivity contribution in [2.75, 3.05) is 0 Å². The van der Waals surface area contributed by atoms with Crippen LogP contribution in [0.5, 0.6) is 0 Å². The van der Waals surface area contributed by atoms with Crippen molar-refractivity contribution < 1.29 is 9.50 Å². The average molecular weight is 284 g/mol. The normalized spacial score (nSPS) is 28.5. The number of halogens is 2. The molecule has 1 fully saturated rings. The van der Waals surface area contributed by atoms with E-state index in [1.54, 1.807) is 24.3 Å². The smallest absolute Gasteiger partial charge is 0.100 e. The van der Waals surface area contributed by atoms with Gasteiger partial charge in [-0.15, -0.1) is 0 Å². The van der Waals surface area contributed by atoms with Crippen LogP contribution in [-0.2, 0) is 0 Å². The molecule has 1 aromatic carbocycles. The fourth-order valence-electron chi connectivity index (χ4n) is 2.57. The molecule has 0 unspecified atom stereocenters. The van der Waals surface area contributed by atoms with E-state index >= 15 is 0 Å². The number of rotatable bonds is 3. The molecular weight excluding hydrogens is 269 g/mol. The van der Waals surface area contributed by atoms with E-state index in [1.165, 1.54) is 0 Å². The van der Waals surface area contributed by atoms with E-state index in [0.29, 0.717) is 10.6 Å². The molecule has 1 aliphatic rings. The Labute approximate surface area is 115 Å². The maximum Gasteiger partial charge on any atom is 0.100 e. The number of hydrogen-bond acceptors (Lipinski definition) is 2. The molecule has 0 bridgehead atoms. The molecule has 0 heterocycles. The number of nitrogens with zero attached hydrogens (tertiary/aromatic N) is 3. The van der Waals surface area contributed by atoms with Gasteiger partial charge in [-0.2, -0.15) is 0 Å². The number of azide groups is 1. The molecule has 6 heteroatoms. The van der Waals surface area contributed by atoms with Gasteiger partial charge in [0, 0.05) is 9.93 Å². The maximum atomic E-state index is 13.2. The molecule has 0 spiro atoms. The fraction of sp³-hybridized carbons (Fsp3) is 0.538. The van der Waals surface area contributed by atoms with Crippen molar-refractivity contribution in [3.63, 3.8) is 0 Å². The predicted octanol–water partition coefficient (Wildman–Crippen LogP) is 4.33. The van der Waals surface area contributed by atoms with Gasteiger partial charge in [0.1, 0.15) is 6.17 Å². The summed E-state index contributed by atoms with van der Waals surface area (Å²) in [7, 11) is 0. The first-order valence-electron chi connectivity index (χ1n) is 6.21. The molecule has 1 atom stereocenters. The third-order valence-corrected chi connectivity index (χ3v) is 3.86. The van der Waals surface area contributed by atoms with E-state index in [2.05, 4.69) is 10.0 Å². The molecule has 4 nitrogen and oxygen atoms in total. The van der Waals surface area contributed by atoms with Crippen molar-refractivity contribution >= 4 is 11.6 Å². The fourth-order valence-corrected chi connectivity index (χ4v) is 2.77. The standard InChI is InChI=1S/C13H15ClFN3O/c14-10-3-1-2-9(8-10)12(17-18-16)13(19)6-4-11(15)5-7-13/h1-3,8,11-12,19H,4-7H2/t11-,12-,13-/m0/s1. The van der Waals surface area contributed by atoms with E-state index in [4.69, 9.17) is 17.1 Å². The van der Waals surface area contributed by atoms with Gasteiger partial charge in [-0.3, -0.25) is 0 Å². The molecule has 0 saturated heterocycles. The molecule has 1 aromatic rings. The summed E-state index contributed by atoms with van der Waals surface area (Å²) in [6.45, 7) is 0. The van der Waals surface area contributed by atoms with Crippen LogP contribution in [0.25, 0.3) is 10.4 Å². The van der Waals surface area contributed by atoms with Gasteiger partial charge in [-0.1, -0.05) is 28.8 Å². The quantitative estimate of drug-likeness (QED) is 0.500. The Bertz CT molecular complexity index is 496. The number of hydrogen-bond donors (Lipinski definition) is 1. The third kappa shape index (κ3) is 3.18. The summed E-state index contributed by atoms with van der Waals surface area (Å²) >= 11 is 5.92. The average Bonchev–Trinajstić information content (AvgIpc) is 2.39. The highest BCUT2D eigenvalue weighted by molar-refractivity contribution is 6.30. The van der Waals surface area contributed by atoms with Gasteiger partial charge in [-0.25, -0.2) is 4.39 Å². The molecule has 2 rings (SSSR count). The van der Waals surface area contributed by atoms with Crippen molar-refractivity contribution in [3.8, 4) is 0 Å². The highest BCUT2D eigenvalue weighted by Crippen LogP contribution is 2.42. The lowest BCUT2D eigenvalue weighted by Crippen LogP contribution is -2.39. The Kier molecular flexibility index (Phi) is 4.30. The zero-order chi connectivity index (χ0) is 13.9. The zero-order valence-corrected chi connectivity index (χ0v) is 11.1. The highest BCUT2D eigenvalue weighted by Gasteiger charge is 2.40. The Morgan fingerprint density at radius 2 is 2.16 bits per heavy atom. The second-order valence-electron chi connectivity index (χ2n) is 4.94. The van der Waals surface area contributed by atoms with Crippen LogP contribution in [0.1, 0.15) is 37.3 Å². The SMILES string of the molecule is [N-]=[N+]=N[C@@H](c1cccc(Cl)c1)[C@]1(O)CC[C@H](F)CC1. The Morgan fingerprint density at radius 1 is 1.47 bits per heavy atom. The van der Waals surface area contributed by atoms with Gasteiger partial charge >= 0.3 is 0 Å². The molecule has 0 aromatic heterocycles. The number of aliphatic hydroxyl groups is 1. The first kappa shape index (κ1) is 14.1. The molecule has 0 amide bonds.